The van der Waals surface area contributed by atoms with Crippen molar-refractivity contribution in [3.63, 3.8) is 0 Å². The molecule has 1 unspecified atom stereocenters. The number of aromatic nitrogens is 2. The highest BCUT2D eigenvalue weighted by molar-refractivity contribution is 7.90. The summed E-state index contributed by atoms with van der Waals surface area (Å²) in [6.45, 7) is 2.06. The molecule has 140 valence electrons. The molecule has 0 bridgehead atoms. The predicted octanol–water partition coefficient (Wildman–Crippen LogP) is 2.12. The summed E-state index contributed by atoms with van der Waals surface area (Å²) in [6.07, 6.45) is 4.44. The third-order valence-corrected chi connectivity index (χ3v) is 5.62. The van der Waals surface area contributed by atoms with Gasteiger partial charge in [-0.1, -0.05) is 12.1 Å². The maximum absolute atomic E-state index is 13.4. The standard InChI is InChI=1S/C18H23FN4O2S/c1-23(12-13-5-3-7-15(19)9-13)18-21-11-16(26(2,24)25)17(22-18)14-6-4-8-20-10-14/h3,5,7,9,11,14,20H,4,6,8,10,12H2,1-2H3. The maximum Gasteiger partial charge on any atom is 0.225 e. The zero-order valence-corrected chi connectivity index (χ0v) is 15.8. The summed E-state index contributed by atoms with van der Waals surface area (Å²) in [5, 5.41) is 3.30. The van der Waals surface area contributed by atoms with Crippen LogP contribution < -0.4 is 10.2 Å². The van der Waals surface area contributed by atoms with Crippen LogP contribution in [0, 0.1) is 5.82 Å². The number of benzene rings is 1. The van der Waals surface area contributed by atoms with Crippen molar-refractivity contribution in [1.29, 1.82) is 0 Å². The van der Waals surface area contributed by atoms with Gasteiger partial charge in [0.1, 0.15) is 10.7 Å². The highest BCUT2D eigenvalue weighted by Crippen LogP contribution is 2.28. The predicted molar refractivity (Wildman–Crippen MR) is 98.5 cm³/mol. The Balaban J connectivity index is 1.92. The molecule has 1 aliphatic rings. The normalized spacial score (nSPS) is 17.9. The Hall–Kier alpha value is -2.06. The molecular weight excluding hydrogens is 355 g/mol. The van der Waals surface area contributed by atoms with Crippen molar-refractivity contribution in [2.45, 2.75) is 30.2 Å². The van der Waals surface area contributed by atoms with Crippen molar-refractivity contribution in [3.05, 3.63) is 47.5 Å². The summed E-state index contributed by atoms with van der Waals surface area (Å²) in [5.74, 6) is 0.179. The number of hydrogen-bond donors (Lipinski definition) is 1. The topological polar surface area (TPSA) is 75.2 Å². The molecule has 0 amide bonds. The second-order valence-electron chi connectivity index (χ2n) is 6.72. The monoisotopic (exact) mass is 378 g/mol. The van der Waals surface area contributed by atoms with Crippen LogP contribution in [0.25, 0.3) is 0 Å². The first-order chi connectivity index (χ1) is 12.3. The molecule has 0 saturated carbocycles. The van der Waals surface area contributed by atoms with Gasteiger partial charge in [-0.05, 0) is 37.1 Å². The molecular formula is C18H23FN4O2S. The van der Waals surface area contributed by atoms with Gasteiger partial charge in [-0.25, -0.2) is 22.8 Å². The minimum Gasteiger partial charge on any atom is -0.340 e. The zero-order valence-electron chi connectivity index (χ0n) is 14.9. The van der Waals surface area contributed by atoms with Crippen LogP contribution >= 0.6 is 0 Å². The molecule has 1 fully saturated rings. The summed E-state index contributed by atoms with van der Waals surface area (Å²) >= 11 is 0. The van der Waals surface area contributed by atoms with E-state index in [0.29, 0.717) is 24.7 Å². The Kier molecular flexibility index (Phi) is 5.52. The lowest BCUT2D eigenvalue weighted by Crippen LogP contribution is -2.30. The van der Waals surface area contributed by atoms with Crippen molar-refractivity contribution < 1.29 is 12.8 Å². The smallest absolute Gasteiger partial charge is 0.225 e. The molecule has 8 heteroatoms. The van der Waals surface area contributed by atoms with Crippen molar-refractivity contribution >= 4 is 15.8 Å². The molecule has 1 aromatic carbocycles. The molecule has 0 aliphatic carbocycles. The van der Waals surface area contributed by atoms with Crippen LogP contribution in [0.1, 0.15) is 30.0 Å². The van der Waals surface area contributed by atoms with Crippen LogP contribution in [0.4, 0.5) is 10.3 Å². The molecule has 0 radical (unpaired) electrons. The van der Waals surface area contributed by atoms with Crippen molar-refractivity contribution in [3.8, 4) is 0 Å². The fraction of sp³-hybridized carbons (Fsp3) is 0.444. The lowest BCUT2D eigenvalue weighted by atomic mass is 9.96. The summed E-state index contributed by atoms with van der Waals surface area (Å²) in [6, 6.07) is 6.35. The highest BCUT2D eigenvalue weighted by Gasteiger charge is 2.25. The molecule has 1 N–H and O–H groups in total. The zero-order chi connectivity index (χ0) is 18.7. The number of sulfone groups is 1. The second-order valence-corrected chi connectivity index (χ2v) is 8.71. The number of piperidine rings is 1. The van der Waals surface area contributed by atoms with Crippen molar-refractivity contribution in [1.82, 2.24) is 15.3 Å². The van der Waals surface area contributed by atoms with Gasteiger partial charge >= 0.3 is 0 Å². The third-order valence-electron chi connectivity index (χ3n) is 4.50. The number of anilines is 1. The summed E-state index contributed by atoms with van der Waals surface area (Å²) in [5.41, 5.74) is 1.36. The summed E-state index contributed by atoms with van der Waals surface area (Å²) in [4.78, 5) is 10.8. The van der Waals surface area contributed by atoms with Gasteiger partial charge in [-0.15, -0.1) is 0 Å². The average molecular weight is 378 g/mol. The van der Waals surface area contributed by atoms with Gasteiger partial charge < -0.3 is 10.2 Å². The Morgan fingerprint density at radius 2 is 2.19 bits per heavy atom. The first kappa shape index (κ1) is 18.7. The first-order valence-electron chi connectivity index (χ1n) is 8.58. The number of halogens is 1. The Bertz CT molecular complexity index is 883. The molecule has 0 spiro atoms. The summed E-state index contributed by atoms with van der Waals surface area (Å²) < 4.78 is 37.7. The lowest BCUT2D eigenvalue weighted by Gasteiger charge is -2.25. The summed E-state index contributed by atoms with van der Waals surface area (Å²) in [7, 11) is -1.60. The molecule has 6 nitrogen and oxygen atoms in total. The molecule has 1 saturated heterocycles. The number of nitrogens with one attached hydrogen (secondary N) is 1. The van der Waals surface area contributed by atoms with E-state index in [1.54, 1.807) is 11.0 Å². The molecule has 2 heterocycles. The lowest BCUT2D eigenvalue weighted by molar-refractivity contribution is 0.447. The molecule has 1 aromatic heterocycles. The SMILES string of the molecule is CN(Cc1cccc(F)c1)c1ncc(S(C)(=O)=O)c(C2CCCNC2)n1. The van der Waals surface area contributed by atoms with Crippen molar-refractivity contribution in [2.24, 2.45) is 0 Å². The van der Waals surface area contributed by atoms with Crippen LogP contribution in [-0.4, -0.2) is 44.8 Å². The van der Waals surface area contributed by atoms with Gasteiger partial charge in [0.25, 0.3) is 0 Å². The van der Waals surface area contributed by atoms with E-state index in [0.717, 1.165) is 24.9 Å². The van der Waals surface area contributed by atoms with Gasteiger partial charge in [0.15, 0.2) is 9.84 Å². The second kappa shape index (κ2) is 7.67. The maximum atomic E-state index is 13.4. The Morgan fingerprint density at radius 3 is 2.85 bits per heavy atom. The van der Waals surface area contributed by atoms with Crippen LogP contribution in [0.3, 0.4) is 0 Å². The van der Waals surface area contributed by atoms with Crippen LogP contribution in [0.2, 0.25) is 0 Å². The van der Waals surface area contributed by atoms with E-state index in [-0.39, 0.29) is 16.6 Å². The van der Waals surface area contributed by atoms with Gasteiger partial charge in [0, 0.05) is 32.3 Å². The van der Waals surface area contributed by atoms with Crippen LogP contribution in [0.5, 0.6) is 0 Å². The van der Waals surface area contributed by atoms with E-state index in [1.165, 1.54) is 24.6 Å². The largest absolute Gasteiger partial charge is 0.340 e. The van der Waals surface area contributed by atoms with Crippen LogP contribution in [-0.2, 0) is 16.4 Å². The fourth-order valence-corrected chi connectivity index (χ4v) is 4.04. The van der Waals surface area contributed by atoms with E-state index < -0.39 is 9.84 Å². The minimum atomic E-state index is -3.41. The van der Waals surface area contributed by atoms with E-state index in [2.05, 4.69) is 15.3 Å². The average Bonchev–Trinajstić information content (AvgIpc) is 2.61. The van der Waals surface area contributed by atoms with E-state index in [9.17, 15) is 12.8 Å². The molecule has 3 rings (SSSR count). The first-order valence-corrected chi connectivity index (χ1v) is 10.5. The van der Waals surface area contributed by atoms with Gasteiger partial charge in [0.2, 0.25) is 5.95 Å². The van der Waals surface area contributed by atoms with Crippen LogP contribution in [0.15, 0.2) is 35.4 Å². The van der Waals surface area contributed by atoms with Gasteiger partial charge in [-0.3, -0.25) is 0 Å². The number of hydrogen-bond acceptors (Lipinski definition) is 6. The van der Waals surface area contributed by atoms with E-state index >= 15 is 0 Å². The molecule has 1 atom stereocenters. The molecule has 26 heavy (non-hydrogen) atoms. The van der Waals surface area contributed by atoms with Gasteiger partial charge in [-0.2, -0.15) is 0 Å². The third kappa shape index (κ3) is 4.37. The Morgan fingerprint density at radius 1 is 1.38 bits per heavy atom. The number of rotatable bonds is 5. The van der Waals surface area contributed by atoms with Crippen molar-refractivity contribution in [2.75, 3.05) is 31.3 Å². The Labute approximate surface area is 153 Å². The molecule has 2 aromatic rings. The fourth-order valence-electron chi connectivity index (χ4n) is 3.20. The quantitative estimate of drug-likeness (QED) is 0.859. The van der Waals surface area contributed by atoms with E-state index in [4.69, 9.17) is 0 Å². The minimum absolute atomic E-state index is 0.0396. The van der Waals surface area contributed by atoms with Gasteiger partial charge in [0.05, 0.1) is 11.9 Å². The number of nitrogens with zero attached hydrogens (tertiary/aromatic N) is 3. The van der Waals surface area contributed by atoms with E-state index in [1.807, 2.05) is 13.1 Å². The molecule has 1 aliphatic heterocycles. The highest BCUT2D eigenvalue weighted by atomic mass is 32.2.